The number of fused-ring (bicyclic) bond motifs is 1. The fourth-order valence-corrected chi connectivity index (χ4v) is 2.61. The van der Waals surface area contributed by atoms with Crippen molar-refractivity contribution in [3.05, 3.63) is 18.2 Å². The van der Waals surface area contributed by atoms with Gasteiger partial charge in [0.25, 0.3) is 0 Å². The second-order valence-electron chi connectivity index (χ2n) is 6.14. The standard InChI is InChI=1S/C20H26O6/c1-7-15(21)26-17-13-9-8-10-14(22-4)16(13)18(25-11-12(2)3)20(24-6)19(17)23-5/h8-10,12H,7,11H2,1-6H3. The number of esters is 1. The average Bonchev–Trinajstić information content (AvgIpc) is 2.65. The largest absolute Gasteiger partial charge is 0.496 e. The number of benzene rings is 2. The molecule has 0 unspecified atom stereocenters. The molecule has 6 heteroatoms. The zero-order chi connectivity index (χ0) is 19.3. The fourth-order valence-electron chi connectivity index (χ4n) is 2.61. The molecule has 6 nitrogen and oxygen atoms in total. The average molecular weight is 362 g/mol. The molecule has 0 fully saturated rings. The fraction of sp³-hybridized carbons (Fsp3) is 0.450. The van der Waals surface area contributed by atoms with Gasteiger partial charge in [0.15, 0.2) is 11.5 Å². The number of carbonyl (C=O) groups is 1. The molecule has 0 atom stereocenters. The van der Waals surface area contributed by atoms with E-state index >= 15 is 0 Å². The Labute approximate surface area is 153 Å². The summed E-state index contributed by atoms with van der Waals surface area (Å²) >= 11 is 0. The van der Waals surface area contributed by atoms with Crippen LogP contribution in [0.4, 0.5) is 0 Å². The molecule has 0 heterocycles. The van der Waals surface area contributed by atoms with Crippen LogP contribution in [0.3, 0.4) is 0 Å². The van der Waals surface area contributed by atoms with E-state index in [1.807, 2.05) is 18.2 Å². The first kappa shape index (κ1) is 19.7. The Morgan fingerprint density at radius 3 is 2.15 bits per heavy atom. The third-order valence-corrected chi connectivity index (χ3v) is 3.81. The van der Waals surface area contributed by atoms with Gasteiger partial charge >= 0.3 is 5.97 Å². The smallest absolute Gasteiger partial charge is 0.311 e. The predicted molar refractivity (Wildman–Crippen MR) is 99.9 cm³/mol. The summed E-state index contributed by atoms with van der Waals surface area (Å²) in [6.07, 6.45) is 0.239. The second-order valence-corrected chi connectivity index (χ2v) is 6.14. The highest BCUT2D eigenvalue weighted by molar-refractivity contribution is 6.03. The highest BCUT2D eigenvalue weighted by atomic mass is 16.6. The first-order chi connectivity index (χ1) is 12.5. The van der Waals surface area contributed by atoms with E-state index in [4.69, 9.17) is 23.7 Å². The Morgan fingerprint density at radius 2 is 1.62 bits per heavy atom. The molecule has 142 valence electrons. The number of hydrogen-bond acceptors (Lipinski definition) is 6. The molecule has 0 aliphatic carbocycles. The lowest BCUT2D eigenvalue weighted by Crippen LogP contribution is -2.10. The Balaban J connectivity index is 2.86. The third-order valence-electron chi connectivity index (χ3n) is 3.81. The van der Waals surface area contributed by atoms with Gasteiger partial charge in [0, 0.05) is 11.8 Å². The molecule has 0 aliphatic rings. The molecule has 2 aromatic rings. The lowest BCUT2D eigenvalue weighted by Gasteiger charge is -2.21. The van der Waals surface area contributed by atoms with Crippen LogP contribution in [0, 0.1) is 5.92 Å². The minimum Gasteiger partial charge on any atom is -0.496 e. The van der Waals surface area contributed by atoms with Crippen molar-refractivity contribution in [2.75, 3.05) is 27.9 Å². The minimum atomic E-state index is -0.370. The summed E-state index contributed by atoms with van der Waals surface area (Å²) in [5.74, 6) is 2.01. The number of carbonyl (C=O) groups excluding carboxylic acids is 1. The molecule has 0 aliphatic heterocycles. The Hall–Kier alpha value is -2.63. The van der Waals surface area contributed by atoms with E-state index in [1.165, 1.54) is 14.2 Å². The van der Waals surface area contributed by atoms with Gasteiger partial charge in [0.1, 0.15) is 5.75 Å². The van der Waals surface area contributed by atoms with E-state index in [1.54, 1.807) is 14.0 Å². The van der Waals surface area contributed by atoms with E-state index in [2.05, 4.69) is 13.8 Å². The normalized spacial score (nSPS) is 10.7. The maximum Gasteiger partial charge on any atom is 0.311 e. The van der Waals surface area contributed by atoms with Gasteiger partial charge in [-0.25, -0.2) is 0 Å². The quantitative estimate of drug-likeness (QED) is 0.518. The van der Waals surface area contributed by atoms with Crippen LogP contribution < -0.4 is 23.7 Å². The molecule has 0 bridgehead atoms. The van der Waals surface area contributed by atoms with Gasteiger partial charge in [-0.2, -0.15) is 0 Å². The summed E-state index contributed by atoms with van der Waals surface area (Å²) in [6.45, 7) is 6.33. The van der Waals surface area contributed by atoms with Crippen LogP contribution in [-0.4, -0.2) is 33.9 Å². The predicted octanol–water partition coefficient (Wildman–Crippen LogP) is 4.22. The summed E-state index contributed by atoms with van der Waals surface area (Å²) in [7, 11) is 4.60. The van der Waals surface area contributed by atoms with Crippen molar-refractivity contribution < 1.29 is 28.5 Å². The zero-order valence-electron chi connectivity index (χ0n) is 16.2. The molecule has 0 amide bonds. The molecule has 0 spiro atoms. The highest BCUT2D eigenvalue weighted by Crippen LogP contribution is 2.53. The van der Waals surface area contributed by atoms with E-state index in [9.17, 15) is 4.79 Å². The first-order valence-corrected chi connectivity index (χ1v) is 8.56. The Bertz CT molecular complexity index is 782. The molecule has 0 saturated heterocycles. The maximum absolute atomic E-state index is 12.0. The highest BCUT2D eigenvalue weighted by Gasteiger charge is 2.27. The van der Waals surface area contributed by atoms with Crippen LogP contribution in [0.1, 0.15) is 27.2 Å². The number of hydrogen-bond donors (Lipinski definition) is 0. The molecule has 2 rings (SSSR count). The van der Waals surface area contributed by atoms with Crippen LogP contribution >= 0.6 is 0 Å². The Kier molecular flexibility index (Phi) is 6.55. The van der Waals surface area contributed by atoms with Crippen molar-refractivity contribution in [3.8, 4) is 28.7 Å². The summed E-state index contributed by atoms with van der Waals surface area (Å²) in [4.78, 5) is 12.0. The first-order valence-electron chi connectivity index (χ1n) is 8.56. The lowest BCUT2D eigenvalue weighted by atomic mass is 10.1. The van der Waals surface area contributed by atoms with Crippen LogP contribution in [0.25, 0.3) is 10.8 Å². The molecule has 0 saturated carbocycles. The van der Waals surface area contributed by atoms with E-state index in [0.29, 0.717) is 52.0 Å². The van der Waals surface area contributed by atoms with Gasteiger partial charge in [-0.1, -0.05) is 32.9 Å². The third kappa shape index (κ3) is 3.79. The molecule has 0 N–H and O–H groups in total. The van der Waals surface area contributed by atoms with Gasteiger partial charge in [-0.15, -0.1) is 0 Å². The van der Waals surface area contributed by atoms with Crippen molar-refractivity contribution in [1.82, 2.24) is 0 Å². The number of methoxy groups -OCH3 is 3. The van der Waals surface area contributed by atoms with Gasteiger partial charge in [0.05, 0.1) is 33.3 Å². The van der Waals surface area contributed by atoms with Crippen molar-refractivity contribution in [3.63, 3.8) is 0 Å². The van der Waals surface area contributed by atoms with Crippen molar-refractivity contribution in [2.24, 2.45) is 5.92 Å². The van der Waals surface area contributed by atoms with Crippen molar-refractivity contribution in [2.45, 2.75) is 27.2 Å². The molecule has 0 aromatic heterocycles. The van der Waals surface area contributed by atoms with Crippen LogP contribution in [0.15, 0.2) is 18.2 Å². The summed E-state index contributed by atoms with van der Waals surface area (Å²) < 4.78 is 28.2. The van der Waals surface area contributed by atoms with Gasteiger partial charge in [-0.3, -0.25) is 4.79 Å². The lowest BCUT2D eigenvalue weighted by molar-refractivity contribution is -0.134. The van der Waals surface area contributed by atoms with Crippen LogP contribution in [0.5, 0.6) is 28.7 Å². The maximum atomic E-state index is 12.0. The molecule has 26 heavy (non-hydrogen) atoms. The number of ether oxygens (including phenoxy) is 5. The zero-order valence-corrected chi connectivity index (χ0v) is 16.2. The van der Waals surface area contributed by atoms with E-state index < -0.39 is 0 Å². The van der Waals surface area contributed by atoms with Crippen LogP contribution in [0.2, 0.25) is 0 Å². The van der Waals surface area contributed by atoms with Gasteiger partial charge in [-0.05, 0) is 12.0 Å². The molecular weight excluding hydrogens is 336 g/mol. The molecule has 2 aromatic carbocycles. The molecule has 0 radical (unpaired) electrons. The summed E-state index contributed by atoms with van der Waals surface area (Å²) in [6, 6.07) is 5.48. The van der Waals surface area contributed by atoms with Crippen LogP contribution in [-0.2, 0) is 4.79 Å². The monoisotopic (exact) mass is 362 g/mol. The SMILES string of the molecule is CCC(=O)Oc1c(OC)c(OC)c(OCC(C)C)c2c(OC)cccc12. The second kappa shape index (κ2) is 8.65. The van der Waals surface area contributed by atoms with Crippen molar-refractivity contribution >= 4 is 16.7 Å². The summed E-state index contributed by atoms with van der Waals surface area (Å²) in [5.41, 5.74) is 0. The van der Waals surface area contributed by atoms with Crippen molar-refractivity contribution in [1.29, 1.82) is 0 Å². The van der Waals surface area contributed by atoms with Gasteiger partial charge in [0.2, 0.25) is 11.5 Å². The van der Waals surface area contributed by atoms with E-state index in [-0.39, 0.29) is 12.4 Å². The summed E-state index contributed by atoms with van der Waals surface area (Å²) in [5, 5.41) is 1.33. The van der Waals surface area contributed by atoms with Gasteiger partial charge < -0.3 is 23.7 Å². The minimum absolute atomic E-state index is 0.239. The number of rotatable bonds is 8. The topological polar surface area (TPSA) is 63.2 Å². The molecular formula is C20H26O6. The Morgan fingerprint density at radius 1 is 0.962 bits per heavy atom. The van der Waals surface area contributed by atoms with E-state index in [0.717, 1.165) is 0 Å².